The molecule has 0 saturated carbocycles. The molecule has 0 fully saturated rings. The van der Waals surface area contributed by atoms with Crippen LogP contribution in [0.3, 0.4) is 0 Å². The summed E-state index contributed by atoms with van der Waals surface area (Å²) in [6.07, 6.45) is 1.91. The van der Waals surface area contributed by atoms with Gasteiger partial charge in [0.2, 0.25) is 0 Å². The highest BCUT2D eigenvalue weighted by atomic mass is 32.1. The van der Waals surface area contributed by atoms with E-state index in [4.69, 9.17) is 4.42 Å². The Kier molecular flexibility index (Phi) is 4.42. The Morgan fingerprint density at radius 1 is 1.14 bits per heavy atom. The zero-order chi connectivity index (χ0) is 14.7. The average Bonchev–Trinajstić information content (AvgIpc) is 3.14. The van der Waals surface area contributed by atoms with Crippen LogP contribution < -0.4 is 5.32 Å². The van der Waals surface area contributed by atoms with Crippen molar-refractivity contribution in [1.82, 2.24) is 5.32 Å². The smallest absolute Gasteiger partial charge is 0.121 e. The van der Waals surface area contributed by atoms with Crippen molar-refractivity contribution < 1.29 is 4.42 Å². The molecule has 0 spiro atoms. The number of furan rings is 1. The maximum Gasteiger partial charge on any atom is 0.121 e. The summed E-state index contributed by atoms with van der Waals surface area (Å²) >= 11 is 1.82. The lowest BCUT2D eigenvalue weighted by atomic mass is 10.0. The van der Waals surface area contributed by atoms with Gasteiger partial charge >= 0.3 is 0 Å². The van der Waals surface area contributed by atoms with E-state index in [1.807, 2.05) is 11.3 Å². The number of hydrogen-bond donors (Lipinski definition) is 1. The largest absolute Gasteiger partial charge is 0.464 e. The van der Waals surface area contributed by atoms with Gasteiger partial charge < -0.3 is 9.73 Å². The minimum Gasteiger partial charge on any atom is -0.464 e. The maximum absolute atomic E-state index is 5.95. The Labute approximate surface area is 129 Å². The molecule has 3 rings (SSSR count). The minimum absolute atomic E-state index is 0.244. The van der Waals surface area contributed by atoms with Gasteiger partial charge in [-0.1, -0.05) is 32.0 Å². The normalized spacial score (nSPS) is 12.9. The third-order valence-corrected chi connectivity index (χ3v) is 4.82. The number of likely N-dealkylation sites (N-methyl/N-ethyl adjacent to an activating group) is 1. The first kappa shape index (κ1) is 14.4. The molecule has 3 aromatic rings. The van der Waals surface area contributed by atoms with Gasteiger partial charge in [0.15, 0.2) is 0 Å². The SMILES string of the molecule is CCNC(Cc1csc2ccccc12)c1ccc(CC)o1. The Hall–Kier alpha value is -1.58. The molecule has 2 aromatic heterocycles. The van der Waals surface area contributed by atoms with E-state index in [1.54, 1.807) is 0 Å². The summed E-state index contributed by atoms with van der Waals surface area (Å²) in [6.45, 7) is 5.20. The van der Waals surface area contributed by atoms with Gasteiger partial charge in [-0.15, -0.1) is 11.3 Å². The highest BCUT2D eigenvalue weighted by Gasteiger charge is 2.17. The molecule has 0 aliphatic carbocycles. The third kappa shape index (κ3) is 3.04. The van der Waals surface area contributed by atoms with Crippen LogP contribution in [0.1, 0.15) is 37.0 Å². The number of nitrogens with one attached hydrogen (secondary N) is 1. The number of benzene rings is 1. The van der Waals surface area contributed by atoms with Crippen LogP contribution in [0.15, 0.2) is 46.2 Å². The lowest BCUT2D eigenvalue weighted by Gasteiger charge is -2.15. The van der Waals surface area contributed by atoms with Crippen LogP contribution in [-0.2, 0) is 12.8 Å². The maximum atomic E-state index is 5.95. The first-order chi connectivity index (χ1) is 10.3. The zero-order valence-corrected chi connectivity index (χ0v) is 13.4. The molecule has 0 amide bonds. The summed E-state index contributed by atoms with van der Waals surface area (Å²) in [4.78, 5) is 0. The number of fused-ring (bicyclic) bond motifs is 1. The summed E-state index contributed by atoms with van der Waals surface area (Å²) in [7, 11) is 0. The third-order valence-electron chi connectivity index (χ3n) is 3.81. The van der Waals surface area contributed by atoms with E-state index in [0.29, 0.717) is 0 Å². The number of aryl methyl sites for hydroxylation is 1. The van der Waals surface area contributed by atoms with Crippen LogP contribution in [0.2, 0.25) is 0 Å². The quantitative estimate of drug-likeness (QED) is 0.696. The summed E-state index contributed by atoms with van der Waals surface area (Å²) in [5.74, 6) is 2.10. The van der Waals surface area contributed by atoms with Crippen molar-refractivity contribution in [3.63, 3.8) is 0 Å². The van der Waals surface area contributed by atoms with Crippen LogP contribution in [0.5, 0.6) is 0 Å². The molecule has 0 bridgehead atoms. The monoisotopic (exact) mass is 299 g/mol. The molecule has 1 N–H and O–H groups in total. The first-order valence-corrected chi connectivity index (χ1v) is 8.46. The fourth-order valence-electron chi connectivity index (χ4n) is 2.70. The Bertz CT molecular complexity index is 713. The zero-order valence-electron chi connectivity index (χ0n) is 12.6. The molecule has 110 valence electrons. The molecule has 2 nitrogen and oxygen atoms in total. The van der Waals surface area contributed by atoms with Crippen LogP contribution in [0, 0.1) is 0 Å². The van der Waals surface area contributed by atoms with Crippen LogP contribution in [0.25, 0.3) is 10.1 Å². The second kappa shape index (κ2) is 6.46. The van der Waals surface area contributed by atoms with Crippen molar-refractivity contribution >= 4 is 21.4 Å². The first-order valence-electron chi connectivity index (χ1n) is 7.59. The van der Waals surface area contributed by atoms with E-state index in [9.17, 15) is 0 Å². The van der Waals surface area contributed by atoms with Gasteiger partial charge in [-0.2, -0.15) is 0 Å². The van der Waals surface area contributed by atoms with Gasteiger partial charge in [0.25, 0.3) is 0 Å². The van der Waals surface area contributed by atoms with E-state index < -0.39 is 0 Å². The summed E-state index contributed by atoms with van der Waals surface area (Å²) in [6, 6.07) is 13.1. The number of hydrogen-bond acceptors (Lipinski definition) is 3. The molecule has 0 radical (unpaired) electrons. The van der Waals surface area contributed by atoms with Gasteiger partial charge in [-0.05, 0) is 47.5 Å². The minimum atomic E-state index is 0.244. The molecule has 1 unspecified atom stereocenters. The summed E-state index contributed by atoms with van der Waals surface area (Å²) in [5, 5.41) is 7.19. The molecular formula is C18H21NOS. The van der Waals surface area contributed by atoms with Crippen molar-refractivity contribution in [3.05, 3.63) is 58.9 Å². The van der Waals surface area contributed by atoms with Gasteiger partial charge in [-0.25, -0.2) is 0 Å². The molecule has 1 aromatic carbocycles. The lowest BCUT2D eigenvalue weighted by molar-refractivity contribution is 0.397. The van der Waals surface area contributed by atoms with Crippen molar-refractivity contribution in [2.24, 2.45) is 0 Å². The van der Waals surface area contributed by atoms with Crippen molar-refractivity contribution in [2.45, 2.75) is 32.7 Å². The topological polar surface area (TPSA) is 25.2 Å². The van der Waals surface area contributed by atoms with Crippen molar-refractivity contribution in [1.29, 1.82) is 0 Å². The van der Waals surface area contributed by atoms with E-state index in [2.05, 4.69) is 60.9 Å². The van der Waals surface area contributed by atoms with Gasteiger partial charge in [0, 0.05) is 11.1 Å². The highest BCUT2D eigenvalue weighted by Crippen LogP contribution is 2.30. The lowest BCUT2D eigenvalue weighted by Crippen LogP contribution is -2.22. The standard InChI is InChI=1S/C18H21NOS/c1-3-14-9-10-17(20-14)16(19-4-2)11-13-12-21-18-8-6-5-7-15(13)18/h5-10,12,16,19H,3-4,11H2,1-2H3. The fourth-order valence-corrected chi connectivity index (χ4v) is 3.68. The molecule has 3 heteroatoms. The second-order valence-electron chi connectivity index (χ2n) is 5.23. The summed E-state index contributed by atoms with van der Waals surface area (Å²) in [5.41, 5.74) is 1.40. The molecule has 2 heterocycles. The fraction of sp³-hybridized carbons (Fsp3) is 0.333. The highest BCUT2D eigenvalue weighted by molar-refractivity contribution is 7.17. The number of rotatable bonds is 6. The predicted octanol–water partition coefficient (Wildman–Crippen LogP) is 4.95. The molecular weight excluding hydrogens is 278 g/mol. The van der Waals surface area contributed by atoms with Crippen molar-refractivity contribution in [2.75, 3.05) is 6.54 Å². The van der Waals surface area contributed by atoms with E-state index in [-0.39, 0.29) is 6.04 Å². The second-order valence-corrected chi connectivity index (χ2v) is 6.14. The Balaban J connectivity index is 1.88. The van der Waals surface area contributed by atoms with Crippen molar-refractivity contribution in [3.8, 4) is 0 Å². The van der Waals surface area contributed by atoms with Gasteiger partial charge in [0.05, 0.1) is 6.04 Å². The predicted molar refractivity (Wildman–Crippen MR) is 90.0 cm³/mol. The van der Waals surface area contributed by atoms with Gasteiger partial charge in [0.1, 0.15) is 11.5 Å². The van der Waals surface area contributed by atoms with Gasteiger partial charge in [-0.3, -0.25) is 0 Å². The van der Waals surface area contributed by atoms with E-state index in [1.165, 1.54) is 15.6 Å². The molecule has 0 saturated heterocycles. The molecule has 0 aliphatic rings. The van der Waals surface area contributed by atoms with Crippen LogP contribution in [0.4, 0.5) is 0 Å². The van der Waals surface area contributed by atoms with Crippen LogP contribution in [-0.4, -0.2) is 6.54 Å². The van der Waals surface area contributed by atoms with E-state index >= 15 is 0 Å². The molecule has 0 aliphatic heterocycles. The van der Waals surface area contributed by atoms with Crippen LogP contribution >= 0.6 is 11.3 Å². The average molecular weight is 299 g/mol. The Morgan fingerprint density at radius 3 is 2.76 bits per heavy atom. The number of thiophene rings is 1. The van der Waals surface area contributed by atoms with E-state index in [0.717, 1.165) is 30.9 Å². The molecule has 1 atom stereocenters. The Morgan fingerprint density at radius 2 is 2.00 bits per heavy atom. The molecule has 21 heavy (non-hydrogen) atoms. The summed E-state index contributed by atoms with van der Waals surface area (Å²) < 4.78 is 7.31.